The number of rotatable bonds is 6. The van der Waals surface area contributed by atoms with Gasteiger partial charge >= 0.3 is 0 Å². The fraction of sp³-hybridized carbons (Fsp3) is 0.444. The van der Waals surface area contributed by atoms with Crippen LogP contribution in [0.4, 0.5) is 5.69 Å². The van der Waals surface area contributed by atoms with Crippen LogP contribution in [-0.4, -0.2) is 31.7 Å². The highest BCUT2D eigenvalue weighted by molar-refractivity contribution is 7.09. The van der Waals surface area contributed by atoms with Crippen molar-refractivity contribution in [3.63, 3.8) is 0 Å². The summed E-state index contributed by atoms with van der Waals surface area (Å²) in [4.78, 5) is 9.03. The molecule has 2 rings (SSSR count). The first-order chi connectivity index (χ1) is 11.8. The first-order valence-corrected chi connectivity index (χ1v) is 8.95. The van der Waals surface area contributed by atoms with Crippen LogP contribution in [0.3, 0.4) is 0 Å². The average molecular weight is 362 g/mol. The highest BCUT2D eigenvalue weighted by Crippen LogP contribution is 2.28. The predicted molar refractivity (Wildman–Crippen MR) is 104 cm³/mol. The van der Waals surface area contributed by atoms with E-state index in [2.05, 4.69) is 41.4 Å². The van der Waals surface area contributed by atoms with Gasteiger partial charge in [0, 0.05) is 29.8 Å². The summed E-state index contributed by atoms with van der Waals surface area (Å²) in [7, 11) is 3.22. The third-order valence-electron chi connectivity index (χ3n) is 3.51. The maximum atomic E-state index is 5.98. The van der Waals surface area contributed by atoms with Crippen LogP contribution >= 0.6 is 11.3 Å². The number of nitrogens with zero attached hydrogens (tertiary/aromatic N) is 2. The van der Waals surface area contributed by atoms with Gasteiger partial charge in [0.15, 0.2) is 5.96 Å². The number of benzene rings is 1. The van der Waals surface area contributed by atoms with Crippen molar-refractivity contribution in [3.8, 4) is 11.5 Å². The number of hydrogen-bond donors (Lipinski definition) is 2. The Bertz CT molecular complexity index is 735. The molecule has 0 amide bonds. The molecule has 6 nitrogen and oxygen atoms in total. The molecule has 0 radical (unpaired) electrons. The molecule has 1 aromatic carbocycles. The number of ether oxygens (including phenoxy) is 2. The van der Waals surface area contributed by atoms with Crippen LogP contribution in [-0.2, 0) is 11.8 Å². The molecule has 3 N–H and O–H groups in total. The van der Waals surface area contributed by atoms with Gasteiger partial charge in [-0.1, -0.05) is 20.8 Å². The molecule has 0 atom stereocenters. The molecule has 25 heavy (non-hydrogen) atoms. The minimum Gasteiger partial charge on any atom is -0.497 e. The van der Waals surface area contributed by atoms with E-state index in [1.807, 2.05) is 18.2 Å². The van der Waals surface area contributed by atoms with E-state index in [0.29, 0.717) is 29.7 Å². The molecular formula is C18H26N4O2S. The summed E-state index contributed by atoms with van der Waals surface area (Å²) in [6.45, 7) is 7.06. The Hall–Kier alpha value is -2.28. The molecule has 0 bridgehead atoms. The Morgan fingerprint density at radius 1 is 1.28 bits per heavy atom. The Labute approximate surface area is 153 Å². The number of methoxy groups -OCH3 is 2. The zero-order chi connectivity index (χ0) is 18.4. The van der Waals surface area contributed by atoms with E-state index in [1.165, 1.54) is 0 Å². The lowest BCUT2D eigenvalue weighted by molar-refractivity contribution is 0.405. The van der Waals surface area contributed by atoms with Gasteiger partial charge < -0.3 is 20.5 Å². The van der Waals surface area contributed by atoms with Crippen molar-refractivity contribution in [1.29, 1.82) is 0 Å². The fourth-order valence-corrected chi connectivity index (χ4v) is 3.09. The van der Waals surface area contributed by atoms with Crippen molar-refractivity contribution in [3.05, 3.63) is 34.3 Å². The van der Waals surface area contributed by atoms with Crippen molar-refractivity contribution in [1.82, 2.24) is 4.98 Å². The van der Waals surface area contributed by atoms with Crippen LogP contribution < -0.4 is 20.5 Å². The Kier molecular flexibility index (Phi) is 6.25. The molecule has 2 aromatic rings. The van der Waals surface area contributed by atoms with Crippen LogP contribution in [0.5, 0.6) is 11.5 Å². The van der Waals surface area contributed by atoms with Crippen LogP contribution in [0, 0.1) is 0 Å². The van der Waals surface area contributed by atoms with E-state index in [-0.39, 0.29) is 5.41 Å². The normalized spacial score (nSPS) is 12.1. The average Bonchev–Trinajstić information content (AvgIpc) is 3.04. The minimum atomic E-state index is 0.0791. The van der Waals surface area contributed by atoms with E-state index in [0.717, 1.165) is 17.1 Å². The molecule has 0 aliphatic rings. The van der Waals surface area contributed by atoms with E-state index in [9.17, 15) is 0 Å². The van der Waals surface area contributed by atoms with Gasteiger partial charge in [0.1, 0.15) is 11.5 Å². The van der Waals surface area contributed by atoms with Crippen molar-refractivity contribution in [2.45, 2.75) is 32.6 Å². The molecule has 0 spiro atoms. The lowest BCUT2D eigenvalue weighted by Gasteiger charge is -2.13. The number of guanidine groups is 1. The maximum Gasteiger partial charge on any atom is 0.193 e. The van der Waals surface area contributed by atoms with Gasteiger partial charge in [0.05, 0.1) is 30.6 Å². The molecule has 0 unspecified atom stereocenters. The third-order valence-corrected chi connectivity index (χ3v) is 4.83. The van der Waals surface area contributed by atoms with Crippen molar-refractivity contribution in [2.24, 2.45) is 10.7 Å². The van der Waals surface area contributed by atoms with E-state index in [1.54, 1.807) is 25.6 Å². The Balaban J connectivity index is 1.97. The SMILES string of the molecule is COc1ccc(OC)c(NC(N)=NCCc2csc(C(C)(C)C)n2)c1. The number of nitrogens with two attached hydrogens (primary N) is 1. The summed E-state index contributed by atoms with van der Waals surface area (Å²) in [5, 5.41) is 6.28. The quantitative estimate of drug-likeness (QED) is 0.608. The molecule has 0 saturated carbocycles. The van der Waals surface area contributed by atoms with Gasteiger partial charge in [-0.2, -0.15) is 0 Å². The van der Waals surface area contributed by atoms with E-state index in [4.69, 9.17) is 15.2 Å². The second-order valence-corrected chi connectivity index (χ2v) is 7.46. The monoisotopic (exact) mass is 362 g/mol. The van der Waals surface area contributed by atoms with Gasteiger partial charge in [-0.25, -0.2) is 4.98 Å². The zero-order valence-electron chi connectivity index (χ0n) is 15.4. The molecule has 0 fully saturated rings. The molecule has 0 aliphatic heterocycles. The Morgan fingerprint density at radius 2 is 2.04 bits per heavy atom. The molecule has 0 saturated heterocycles. The number of aromatic nitrogens is 1. The van der Waals surface area contributed by atoms with Crippen LogP contribution in [0.2, 0.25) is 0 Å². The Morgan fingerprint density at radius 3 is 2.64 bits per heavy atom. The second kappa shape index (κ2) is 8.20. The summed E-state index contributed by atoms with van der Waals surface area (Å²) in [6, 6.07) is 5.46. The minimum absolute atomic E-state index is 0.0791. The molecular weight excluding hydrogens is 336 g/mol. The van der Waals surface area contributed by atoms with Gasteiger partial charge in [-0.15, -0.1) is 11.3 Å². The van der Waals surface area contributed by atoms with Crippen LogP contribution in [0.15, 0.2) is 28.6 Å². The van der Waals surface area contributed by atoms with Crippen LogP contribution in [0.25, 0.3) is 0 Å². The standard InChI is InChI=1S/C18H26N4O2S/c1-18(2,3)16-21-12(11-25-16)8-9-20-17(19)22-14-10-13(23-4)6-7-15(14)24-5/h6-7,10-11H,8-9H2,1-5H3,(H3,19,20,22). The highest BCUT2D eigenvalue weighted by Gasteiger charge is 2.17. The highest BCUT2D eigenvalue weighted by atomic mass is 32.1. The van der Waals surface area contributed by atoms with Crippen molar-refractivity contribution < 1.29 is 9.47 Å². The smallest absolute Gasteiger partial charge is 0.193 e. The van der Waals surface area contributed by atoms with Crippen LogP contribution in [0.1, 0.15) is 31.5 Å². The summed E-state index contributed by atoms with van der Waals surface area (Å²) >= 11 is 1.69. The van der Waals surface area contributed by atoms with Gasteiger partial charge in [-0.3, -0.25) is 4.99 Å². The second-order valence-electron chi connectivity index (χ2n) is 6.60. The molecule has 1 heterocycles. The molecule has 7 heteroatoms. The largest absolute Gasteiger partial charge is 0.497 e. The van der Waals surface area contributed by atoms with Gasteiger partial charge in [0.2, 0.25) is 0 Å². The number of aliphatic imine (C=N–C) groups is 1. The first kappa shape index (κ1) is 19.1. The van der Waals surface area contributed by atoms with Crippen molar-refractivity contribution in [2.75, 3.05) is 26.1 Å². The lowest BCUT2D eigenvalue weighted by atomic mass is 9.98. The van der Waals surface area contributed by atoms with Gasteiger partial charge in [-0.05, 0) is 12.1 Å². The van der Waals surface area contributed by atoms with E-state index < -0.39 is 0 Å². The fourth-order valence-electron chi connectivity index (χ4n) is 2.15. The lowest BCUT2D eigenvalue weighted by Crippen LogP contribution is -2.23. The number of nitrogens with one attached hydrogen (secondary N) is 1. The number of thiazole rings is 1. The predicted octanol–water partition coefficient (Wildman–Crippen LogP) is 3.43. The molecule has 136 valence electrons. The summed E-state index contributed by atoms with van der Waals surface area (Å²) in [5.41, 5.74) is 7.82. The third kappa shape index (κ3) is 5.35. The molecule has 1 aromatic heterocycles. The summed E-state index contributed by atoms with van der Waals surface area (Å²) in [5.74, 6) is 1.72. The van der Waals surface area contributed by atoms with E-state index >= 15 is 0 Å². The summed E-state index contributed by atoms with van der Waals surface area (Å²) < 4.78 is 10.5. The molecule has 0 aliphatic carbocycles. The number of hydrogen-bond acceptors (Lipinski definition) is 5. The maximum absolute atomic E-state index is 5.98. The topological polar surface area (TPSA) is 81.8 Å². The van der Waals surface area contributed by atoms with Gasteiger partial charge in [0.25, 0.3) is 0 Å². The van der Waals surface area contributed by atoms with Crippen molar-refractivity contribution >= 4 is 23.0 Å². The number of anilines is 1. The summed E-state index contributed by atoms with van der Waals surface area (Å²) in [6.07, 6.45) is 0.754. The first-order valence-electron chi connectivity index (χ1n) is 8.07. The zero-order valence-corrected chi connectivity index (χ0v) is 16.2.